The van der Waals surface area contributed by atoms with Crippen molar-refractivity contribution < 1.29 is 4.74 Å². The molecule has 2 aromatic carbocycles. The van der Waals surface area contributed by atoms with Gasteiger partial charge in [-0.3, -0.25) is 4.90 Å². The normalized spacial score (nSPS) is 20.0. The molecule has 0 spiro atoms. The van der Waals surface area contributed by atoms with Crippen molar-refractivity contribution in [1.29, 1.82) is 0 Å². The van der Waals surface area contributed by atoms with Gasteiger partial charge in [-0.1, -0.05) is 35.9 Å². The highest BCUT2D eigenvalue weighted by molar-refractivity contribution is 6.35. The van der Waals surface area contributed by atoms with E-state index in [1.165, 1.54) is 27.7 Å². The van der Waals surface area contributed by atoms with Crippen LogP contribution in [-0.2, 0) is 19.4 Å². The van der Waals surface area contributed by atoms with Gasteiger partial charge in [0.15, 0.2) is 0 Å². The van der Waals surface area contributed by atoms with Crippen molar-refractivity contribution in [2.75, 3.05) is 14.2 Å². The molecule has 27 heavy (non-hydrogen) atoms. The lowest BCUT2D eigenvalue weighted by Crippen LogP contribution is -2.38. The fourth-order valence-electron chi connectivity index (χ4n) is 4.42. The first-order valence-corrected chi connectivity index (χ1v) is 10.0. The molecule has 2 heterocycles. The van der Waals surface area contributed by atoms with Gasteiger partial charge in [-0.25, -0.2) is 0 Å². The van der Waals surface area contributed by atoms with E-state index in [4.69, 9.17) is 16.3 Å². The fraction of sp³-hybridized carbons (Fsp3) is 0.391. The molecule has 0 saturated heterocycles. The molecule has 1 aliphatic heterocycles. The molecule has 0 saturated carbocycles. The number of ether oxygens (including phenoxy) is 1. The van der Waals surface area contributed by atoms with Crippen LogP contribution in [0.1, 0.15) is 36.7 Å². The Kier molecular flexibility index (Phi) is 4.92. The zero-order chi connectivity index (χ0) is 19.1. The van der Waals surface area contributed by atoms with E-state index in [1.54, 1.807) is 7.11 Å². The molecule has 3 aromatic rings. The molecular formula is C23H27ClN2O. The Hall–Kier alpha value is -1.97. The van der Waals surface area contributed by atoms with Crippen LogP contribution in [0.15, 0.2) is 42.5 Å². The van der Waals surface area contributed by atoms with Crippen LogP contribution >= 0.6 is 11.6 Å². The first-order chi connectivity index (χ1) is 13.0. The quantitative estimate of drug-likeness (QED) is 0.594. The van der Waals surface area contributed by atoms with Gasteiger partial charge in [-0.15, -0.1) is 0 Å². The Morgan fingerprint density at radius 2 is 1.85 bits per heavy atom. The number of benzene rings is 2. The minimum atomic E-state index is 0.395. The summed E-state index contributed by atoms with van der Waals surface area (Å²) >= 11 is 6.67. The number of aromatic nitrogens is 1. The minimum absolute atomic E-state index is 0.395. The summed E-state index contributed by atoms with van der Waals surface area (Å²) < 4.78 is 7.74. The summed E-state index contributed by atoms with van der Waals surface area (Å²) in [6.07, 6.45) is 2.04. The van der Waals surface area contributed by atoms with Gasteiger partial charge in [0, 0.05) is 36.1 Å². The van der Waals surface area contributed by atoms with E-state index in [1.807, 2.05) is 18.2 Å². The first-order valence-electron chi connectivity index (χ1n) is 9.65. The van der Waals surface area contributed by atoms with Crippen molar-refractivity contribution in [2.45, 2.75) is 45.3 Å². The maximum Gasteiger partial charge on any atom is 0.118 e. The molecule has 1 aromatic heterocycles. The Labute approximate surface area is 166 Å². The highest BCUT2D eigenvalue weighted by Gasteiger charge is 2.32. The number of rotatable bonds is 4. The van der Waals surface area contributed by atoms with Crippen LogP contribution in [-0.4, -0.2) is 29.7 Å². The second kappa shape index (κ2) is 7.21. The molecule has 4 heteroatoms. The number of para-hydroxylation sites is 1. The second-order valence-corrected chi connectivity index (χ2v) is 8.05. The van der Waals surface area contributed by atoms with Crippen LogP contribution in [0.5, 0.6) is 5.75 Å². The molecule has 0 aliphatic carbocycles. The largest absolute Gasteiger partial charge is 0.497 e. The summed E-state index contributed by atoms with van der Waals surface area (Å²) in [5, 5.41) is 2.15. The molecule has 3 nitrogen and oxygen atoms in total. The van der Waals surface area contributed by atoms with Crippen molar-refractivity contribution in [3.8, 4) is 5.75 Å². The van der Waals surface area contributed by atoms with E-state index in [0.717, 1.165) is 30.2 Å². The summed E-state index contributed by atoms with van der Waals surface area (Å²) in [5.74, 6) is 0.899. The van der Waals surface area contributed by atoms with Gasteiger partial charge < -0.3 is 9.30 Å². The number of fused-ring (bicyclic) bond motifs is 3. The number of likely N-dealkylation sites (N-methyl/N-ethyl adjacent to an activating group) is 1. The Morgan fingerprint density at radius 1 is 1.11 bits per heavy atom. The van der Waals surface area contributed by atoms with E-state index >= 15 is 0 Å². The summed E-state index contributed by atoms with van der Waals surface area (Å²) in [6.45, 7) is 5.56. The van der Waals surface area contributed by atoms with E-state index < -0.39 is 0 Å². The highest BCUT2D eigenvalue weighted by Crippen LogP contribution is 2.41. The van der Waals surface area contributed by atoms with Crippen molar-refractivity contribution in [3.05, 3.63) is 64.3 Å². The Morgan fingerprint density at radius 3 is 2.56 bits per heavy atom. The maximum atomic E-state index is 6.67. The second-order valence-electron chi connectivity index (χ2n) is 7.64. The summed E-state index contributed by atoms with van der Waals surface area (Å²) in [6, 6.07) is 15.6. The molecule has 2 atom stereocenters. The third-order valence-corrected chi connectivity index (χ3v) is 6.48. The SMILES string of the molecule is COc1ccc(CCn2c3c(c4cccc(Cl)c42)C(C)N(C)C(C)C3)cc1. The van der Waals surface area contributed by atoms with Gasteiger partial charge in [0.2, 0.25) is 0 Å². The predicted molar refractivity (Wildman–Crippen MR) is 113 cm³/mol. The predicted octanol–water partition coefficient (Wildman–Crippen LogP) is 5.48. The molecule has 142 valence electrons. The number of methoxy groups -OCH3 is 1. The van der Waals surface area contributed by atoms with Gasteiger partial charge in [-0.05, 0) is 56.6 Å². The Bertz CT molecular complexity index is 961. The maximum absolute atomic E-state index is 6.67. The van der Waals surface area contributed by atoms with Gasteiger partial charge in [-0.2, -0.15) is 0 Å². The van der Waals surface area contributed by atoms with Crippen molar-refractivity contribution in [2.24, 2.45) is 0 Å². The number of nitrogens with zero attached hydrogens (tertiary/aromatic N) is 2. The molecular weight excluding hydrogens is 356 g/mol. The zero-order valence-corrected chi connectivity index (χ0v) is 17.3. The van der Waals surface area contributed by atoms with Crippen LogP contribution in [0.3, 0.4) is 0 Å². The van der Waals surface area contributed by atoms with Crippen LogP contribution in [0.2, 0.25) is 5.02 Å². The number of hydrogen-bond donors (Lipinski definition) is 0. The average Bonchev–Trinajstić information content (AvgIpc) is 2.99. The van der Waals surface area contributed by atoms with Crippen LogP contribution in [0, 0.1) is 0 Å². The van der Waals surface area contributed by atoms with Gasteiger partial charge in [0.25, 0.3) is 0 Å². The Balaban J connectivity index is 1.76. The summed E-state index contributed by atoms with van der Waals surface area (Å²) in [5.41, 5.74) is 5.40. The fourth-order valence-corrected chi connectivity index (χ4v) is 4.69. The highest BCUT2D eigenvalue weighted by atomic mass is 35.5. The van der Waals surface area contributed by atoms with Crippen LogP contribution < -0.4 is 4.74 Å². The lowest BCUT2D eigenvalue weighted by atomic mass is 9.93. The van der Waals surface area contributed by atoms with Crippen molar-refractivity contribution in [1.82, 2.24) is 9.47 Å². The van der Waals surface area contributed by atoms with Crippen molar-refractivity contribution >= 4 is 22.5 Å². The molecule has 0 fully saturated rings. The third kappa shape index (κ3) is 3.13. The van der Waals surface area contributed by atoms with Crippen LogP contribution in [0.4, 0.5) is 0 Å². The number of halogens is 1. The molecule has 0 radical (unpaired) electrons. The van der Waals surface area contributed by atoms with E-state index in [9.17, 15) is 0 Å². The van der Waals surface area contributed by atoms with Crippen molar-refractivity contribution in [3.63, 3.8) is 0 Å². The molecule has 0 N–H and O–H groups in total. The smallest absolute Gasteiger partial charge is 0.118 e. The lowest BCUT2D eigenvalue weighted by molar-refractivity contribution is 0.177. The topological polar surface area (TPSA) is 17.4 Å². The van der Waals surface area contributed by atoms with Crippen LogP contribution in [0.25, 0.3) is 10.9 Å². The van der Waals surface area contributed by atoms with Gasteiger partial charge in [0.05, 0.1) is 17.6 Å². The molecule has 4 rings (SSSR count). The van der Waals surface area contributed by atoms with Gasteiger partial charge in [0.1, 0.15) is 5.75 Å². The standard InChI is InChI=1S/C23H27ClN2O/c1-15-14-21-22(16(2)25(15)3)19-6-5-7-20(24)23(19)26(21)13-12-17-8-10-18(27-4)11-9-17/h5-11,15-16H,12-14H2,1-4H3. The summed E-state index contributed by atoms with van der Waals surface area (Å²) in [7, 11) is 3.93. The lowest BCUT2D eigenvalue weighted by Gasteiger charge is -2.36. The van der Waals surface area contributed by atoms with E-state index in [-0.39, 0.29) is 0 Å². The van der Waals surface area contributed by atoms with E-state index in [0.29, 0.717) is 12.1 Å². The number of aryl methyl sites for hydroxylation is 2. The molecule has 0 bridgehead atoms. The summed E-state index contributed by atoms with van der Waals surface area (Å²) in [4.78, 5) is 2.47. The average molecular weight is 383 g/mol. The minimum Gasteiger partial charge on any atom is -0.497 e. The van der Waals surface area contributed by atoms with E-state index in [2.05, 4.69) is 54.6 Å². The first kappa shape index (κ1) is 18.4. The van der Waals surface area contributed by atoms with Gasteiger partial charge >= 0.3 is 0 Å². The zero-order valence-electron chi connectivity index (χ0n) is 16.5. The molecule has 0 amide bonds. The molecule has 2 unspecified atom stereocenters. The molecule has 1 aliphatic rings. The third-order valence-electron chi connectivity index (χ3n) is 6.18. The number of hydrogen-bond acceptors (Lipinski definition) is 2. The monoisotopic (exact) mass is 382 g/mol.